The Labute approximate surface area is 131 Å². The zero-order valence-corrected chi connectivity index (χ0v) is 12.2. The topological polar surface area (TPSA) is 51.3 Å². The van der Waals surface area contributed by atoms with Gasteiger partial charge in [0, 0.05) is 21.8 Å². The summed E-state index contributed by atoms with van der Waals surface area (Å²) in [5.74, 6) is 0.398. The van der Waals surface area contributed by atoms with E-state index in [0.717, 1.165) is 11.1 Å². The average molecular weight is 318 g/mol. The fourth-order valence-corrected chi connectivity index (χ4v) is 1.91. The van der Waals surface area contributed by atoms with E-state index < -0.39 is 0 Å². The molecule has 3 rings (SSSR count). The van der Waals surface area contributed by atoms with Gasteiger partial charge >= 0.3 is 6.01 Å². The van der Waals surface area contributed by atoms with Crippen molar-refractivity contribution in [2.45, 2.75) is 0 Å². The minimum atomic E-state index is 0.190. The largest absolute Gasteiger partial charge is 0.402 e. The monoisotopic (exact) mass is 317 g/mol. The molecule has 6 heteroatoms. The molecular weight excluding hydrogens is 309 g/mol. The van der Waals surface area contributed by atoms with Gasteiger partial charge in [-0.25, -0.2) is 4.99 Å². The van der Waals surface area contributed by atoms with E-state index in [2.05, 4.69) is 15.2 Å². The van der Waals surface area contributed by atoms with Crippen LogP contribution in [0.4, 0.5) is 6.01 Å². The third-order valence-electron chi connectivity index (χ3n) is 2.70. The van der Waals surface area contributed by atoms with Crippen LogP contribution in [0.25, 0.3) is 11.5 Å². The highest BCUT2D eigenvalue weighted by Crippen LogP contribution is 2.22. The molecule has 1 heterocycles. The molecule has 0 fully saturated rings. The van der Waals surface area contributed by atoms with Gasteiger partial charge in [-0.15, -0.1) is 5.10 Å². The van der Waals surface area contributed by atoms with Gasteiger partial charge in [0.2, 0.25) is 5.89 Å². The van der Waals surface area contributed by atoms with Crippen molar-refractivity contribution in [3.05, 3.63) is 64.1 Å². The first-order valence-electron chi connectivity index (χ1n) is 6.10. The van der Waals surface area contributed by atoms with Crippen molar-refractivity contribution in [2.75, 3.05) is 0 Å². The summed E-state index contributed by atoms with van der Waals surface area (Å²) in [6.07, 6.45) is 1.63. The van der Waals surface area contributed by atoms with E-state index in [-0.39, 0.29) is 6.01 Å². The molecule has 0 saturated carbocycles. The predicted molar refractivity (Wildman–Crippen MR) is 83.5 cm³/mol. The van der Waals surface area contributed by atoms with Gasteiger partial charge in [0.25, 0.3) is 0 Å². The van der Waals surface area contributed by atoms with E-state index in [4.69, 9.17) is 27.6 Å². The van der Waals surface area contributed by atoms with Crippen LogP contribution in [-0.4, -0.2) is 16.4 Å². The summed E-state index contributed by atoms with van der Waals surface area (Å²) in [6, 6.07) is 14.6. The Balaban J connectivity index is 1.78. The lowest BCUT2D eigenvalue weighted by molar-refractivity contribution is 0.580. The lowest BCUT2D eigenvalue weighted by Crippen LogP contribution is -1.78. The molecule has 0 aliphatic heterocycles. The first-order valence-corrected chi connectivity index (χ1v) is 6.85. The SMILES string of the molecule is Clc1ccc(/C=N\c2nnc(-c3ccc(Cl)cc3)o2)cc1. The molecule has 0 N–H and O–H groups in total. The smallest absolute Gasteiger partial charge is 0.342 e. The Hall–Kier alpha value is -2.17. The van der Waals surface area contributed by atoms with E-state index in [1.165, 1.54) is 0 Å². The summed E-state index contributed by atoms with van der Waals surface area (Å²) in [7, 11) is 0. The highest BCUT2D eigenvalue weighted by molar-refractivity contribution is 6.30. The summed E-state index contributed by atoms with van der Waals surface area (Å²) in [6.45, 7) is 0. The van der Waals surface area contributed by atoms with E-state index >= 15 is 0 Å². The van der Waals surface area contributed by atoms with E-state index in [1.807, 2.05) is 24.3 Å². The van der Waals surface area contributed by atoms with Crippen molar-refractivity contribution in [3.63, 3.8) is 0 Å². The molecule has 0 amide bonds. The zero-order chi connectivity index (χ0) is 14.7. The summed E-state index contributed by atoms with van der Waals surface area (Å²) in [5, 5.41) is 9.15. The van der Waals surface area contributed by atoms with E-state index in [1.54, 1.807) is 30.5 Å². The molecule has 1 aromatic heterocycles. The molecule has 21 heavy (non-hydrogen) atoms. The third kappa shape index (κ3) is 3.48. The van der Waals surface area contributed by atoms with Crippen LogP contribution in [0.1, 0.15) is 5.56 Å². The van der Waals surface area contributed by atoms with Crippen LogP contribution >= 0.6 is 23.2 Å². The normalized spacial score (nSPS) is 11.1. The number of nitrogens with zero attached hydrogens (tertiary/aromatic N) is 3. The van der Waals surface area contributed by atoms with Crippen LogP contribution in [-0.2, 0) is 0 Å². The Bertz CT molecular complexity index is 764. The minimum Gasteiger partial charge on any atom is -0.402 e. The van der Waals surface area contributed by atoms with Crippen molar-refractivity contribution in [1.29, 1.82) is 0 Å². The maximum Gasteiger partial charge on any atom is 0.342 e. The third-order valence-corrected chi connectivity index (χ3v) is 3.20. The molecule has 0 bridgehead atoms. The minimum absolute atomic E-state index is 0.190. The highest BCUT2D eigenvalue weighted by atomic mass is 35.5. The van der Waals surface area contributed by atoms with Crippen LogP contribution in [0.15, 0.2) is 57.9 Å². The molecule has 0 saturated heterocycles. The molecule has 0 aliphatic carbocycles. The number of benzene rings is 2. The molecule has 0 aliphatic rings. The fourth-order valence-electron chi connectivity index (χ4n) is 1.66. The van der Waals surface area contributed by atoms with Crippen molar-refractivity contribution in [3.8, 4) is 11.5 Å². The van der Waals surface area contributed by atoms with Crippen molar-refractivity contribution >= 4 is 35.4 Å². The first-order chi connectivity index (χ1) is 10.2. The molecule has 0 radical (unpaired) electrons. The van der Waals surface area contributed by atoms with Gasteiger partial charge in [-0.05, 0) is 42.0 Å². The summed E-state index contributed by atoms with van der Waals surface area (Å²) in [4.78, 5) is 4.14. The number of halogens is 2. The molecule has 0 unspecified atom stereocenters. The van der Waals surface area contributed by atoms with Crippen molar-refractivity contribution in [2.24, 2.45) is 4.99 Å². The second kappa shape index (κ2) is 6.08. The van der Waals surface area contributed by atoms with Gasteiger partial charge < -0.3 is 4.42 Å². The van der Waals surface area contributed by atoms with Gasteiger partial charge in [0.1, 0.15) is 0 Å². The average Bonchev–Trinajstić information content (AvgIpc) is 2.96. The number of aromatic nitrogens is 2. The Morgan fingerprint density at radius 2 is 1.48 bits per heavy atom. The second-order valence-electron chi connectivity index (χ2n) is 4.21. The quantitative estimate of drug-likeness (QED) is 0.652. The fraction of sp³-hybridized carbons (Fsp3) is 0. The summed E-state index contributed by atoms with van der Waals surface area (Å²) < 4.78 is 5.47. The van der Waals surface area contributed by atoms with Crippen LogP contribution < -0.4 is 0 Å². The lowest BCUT2D eigenvalue weighted by Gasteiger charge is -1.93. The number of rotatable bonds is 3. The van der Waals surface area contributed by atoms with Crippen LogP contribution in [0.5, 0.6) is 0 Å². The molecule has 104 valence electrons. The first kappa shape index (κ1) is 13.8. The van der Waals surface area contributed by atoms with Crippen LogP contribution in [0.2, 0.25) is 10.0 Å². The van der Waals surface area contributed by atoms with Crippen molar-refractivity contribution < 1.29 is 4.42 Å². The van der Waals surface area contributed by atoms with E-state index in [0.29, 0.717) is 15.9 Å². The lowest BCUT2D eigenvalue weighted by atomic mass is 10.2. The maximum atomic E-state index is 5.83. The van der Waals surface area contributed by atoms with Crippen LogP contribution in [0, 0.1) is 0 Å². The maximum absolute atomic E-state index is 5.83. The predicted octanol–water partition coefficient (Wildman–Crippen LogP) is 4.79. The number of hydrogen-bond acceptors (Lipinski definition) is 4. The van der Waals surface area contributed by atoms with Crippen molar-refractivity contribution in [1.82, 2.24) is 10.2 Å². The molecule has 4 nitrogen and oxygen atoms in total. The molecule has 0 atom stereocenters. The van der Waals surface area contributed by atoms with Gasteiger partial charge in [0.05, 0.1) is 0 Å². The number of aliphatic imine (C=N–C) groups is 1. The standard InChI is InChI=1S/C15H9Cl2N3O/c16-12-5-1-10(2-6-12)9-18-15-20-19-14(21-15)11-3-7-13(17)8-4-11/h1-9H/b18-9-. The van der Waals surface area contributed by atoms with Gasteiger partial charge in [-0.2, -0.15) is 0 Å². The molecule has 0 spiro atoms. The zero-order valence-electron chi connectivity index (χ0n) is 10.7. The number of hydrogen-bond donors (Lipinski definition) is 0. The van der Waals surface area contributed by atoms with Crippen LogP contribution in [0.3, 0.4) is 0 Å². The summed E-state index contributed by atoms with van der Waals surface area (Å²) >= 11 is 11.6. The van der Waals surface area contributed by atoms with Gasteiger partial charge in [-0.3, -0.25) is 0 Å². The second-order valence-corrected chi connectivity index (χ2v) is 5.08. The molecule has 2 aromatic carbocycles. The van der Waals surface area contributed by atoms with Gasteiger partial charge in [-0.1, -0.05) is 40.4 Å². The summed E-state index contributed by atoms with van der Waals surface area (Å²) in [5.41, 5.74) is 1.69. The Morgan fingerprint density at radius 3 is 2.14 bits per heavy atom. The molecule has 3 aromatic rings. The molecular formula is C15H9Cl2N3O. The Kier molecular flexibility index (Phi) is 3.99. The Morgan fingerprint density at radius 1 is 0.857 bits per heavy atom. The van der Waals surface area contributed by atoms with Gasteiger partial charge in [0.15, 0.2) is 0 Å². The highest BCUT2D eigenvalue weighted by Gasteiger charge is 2.07. The van der Waals surface area contributed by atoms with E-state index in [9.17, 15) is 0 Å².